The lowest BCUT2D eigenvalue weighted by atomic mass is 10.2. The molecular weight excluding hydrogens is 284 g/mol. The van der Waals surface area contributed by atoms with Crippen LogP contribution in [0, 0.1) is 0 Å². The van der Waals surface area contributed by atoms with Gasteiger partial charge in [0.05, 0.1) is 13.2 Å². The molecule has 19 heavy (non-hydrogen) atoms. The first-order valence-electron chi connectivity index (χ1n) is 6.73. The minimum absolute atomic E-state index is 0.160. The van der Waals surface area contributed by atoms with Crippen LogP contribution in [0.2, 0.25) is 0 Å². The zero-order valence-corrected chi connectivity index (χ0v) is 13.1. The van der Waals surface area contributed by atoms with Gasteiger partial charge in [-0.25, -0.2) is 0 Å². The van der Waals surface area contributed by atoms with Gasteiger partial charge < -0.3 is 9.47 Å². The molecule has 0 N–H and O–H groups in total. The maximum atomic E-state index is 11.1. The van der Waals surface area contributed by atoms with Gasteiger partial charge in [0.1, 0.15) is 0 Å². The van der Waals surface area contributed by atoms with Gasteiger partial charge in [-0.2, -0.15) is 25.3 Å². The number of esters is 2. The van der Waals surface area contributed by atoms with Gasteiger partial charge in [-0.1, -0.05) is 0 Å². The summed E-state index contributed by atoms with van der Waals surface area (Å²) in [7, 11) is 0. The molecule has 0 radical (unpaired) electrons. The fourth-order valence-electron chi connectivity index (χ4n) is 1.34. The lowest BCUT2D eigenvalue weighted by molar-refractivity contribution is -0.144. The number of ether oxygens (including phenoxy) is 2. The molecule has 4 nitrogen and oxygen atoms in total. The lowest BCUT2D eigenvalue weighted by Gasteiger charge is -2.05. The van der Waals surface area contributed by atoms with Crippen molar-refractivity contribution in [3.63, 3.8) is 0 Å². The molecule has 0 rings (SSSR count). The minimum atomic E-state index is -0.160. The quantitative estimate of drug-likeness (QED) is 0.331. The lowest BCUT2D eigenvalue weighted by Crippen LogP contribution is -2.07. The van der Waals surface area contributed by atoms with Crippen LogP contribution >= 0.6 is 25.3 Å². The summed E-state index contributed by atoms with van der Waals surface area (Å²) in [6, 6.07) is 0. The summed E-state index contributed by atoms with van der Waals surface area (Å²) in [6.45, 7) is 0.887. The van der Waals surface area contributed by atoms with Crippen molar-refractivity contribution in [2.75, 3.05) is 24.7 Å². The molecule has 0 aliphatic rings. The molecule has 0 heterocycles. The van der Waals surface area contributed by atoms with Crippen LogP contribution in [0.25, 0.3) is 0 Å². The molecule has 112 valence electrons. The van der Waals surface area contributed by atoms with E-state index >= 15 is 0 Å². The Balaban J connectivity index is 3.22. The molecule has 0 aliphatic carbocycles. The van der Waals surface area contributed by atoms with E-state index in [0.29, 0.717) is 37.6 Å². The van der Waals surface area contributed by atoms with Crippen molar-refractivity contribution in [1.82, 2.24) is 0 Å². The Morgan fingerprint density at radius 2 is 1.11 bits per heavy atom. The second-order valence-corrected chi connectivity index (χ2v) is 5.05. The largest absolute Gasteiger partial charge is 0.466 e. The van der Waals surface area contributed by atoms with E-state index in [4.69, 9.17) is 9.47 Å². The van der Waals surface area contributed by atoms with Crippen LogP contribution in [0.1, 0.15) is 44.9 Å². The van der Waals surface area contributed by atoms with Crippen molar-refractivity contribution in [1.29, 1.82) is 0 Å². The first kappa shape index (κ1) is 18.6. The van der Waals surface area contributed by atoms with Crippen LogP contribution in [0.5, 0.6) is 0 Å². The van der Waals surface area contributed by atoms with E-state index in [0.717, 1.165) is 32.1 Å². The number of hydrogen-bond acceptors (Lipinski definition) is 6. The SMILES string of the molecule is O=C(CCCS)OCCCCCOC(=O)CCCS. The fourth-order valence-corrected chi connectivity index (χ4v) is 1.66. The van der Waals surface area contributed by atoms with Crippen LogP contribution in [-0.4, -0.2) is 36.7 Å². The molecule has 0 bridgehead atoms. The zero-order valence-electron chi connectivity index (χ0n) is 11.3. The van der Waals surface area contributed by atoms with Gasteiger partial charge in [0.25, 0.3) is 0 Å². The third-order valence-corrected chi connectivity index (χ3v) is 3.03. The third-order valence-electron chi connectivity index (χ3n) is 2.39. The molecule has 0 fully saturated rings. The van der Waals surface area contributed by atoms with Crippen LogP contribution in [-0.2, 0) is 19.1 Å². The van der Waals surface area contributed by atoms with E-state index in [-0.39, 0.29) is 11.9 Å². The molecule has 0 aromatic heterocycles. The van der Waals surface area contributed by atoms with Crippen LogP contribution < -0.4 is 0 Å². The van der Waals surface area contributed by atoms with E-state index in [1.165, 1.54) is 0 Å². The summed E-state index contributed by atoms with van der Waals surface area (Å²) in [4.78, 5) is 22.3. The highest BCUT2D eigenvalue weighted by atomic mass is 32.1. The number of unbranched alkanes of at least 4 members (excludes halogenated alkanes) is 2. The van der Waals surface area contributed by atoms with Gasteiger partial charge in [0.15, 0.2) is 0 Å². The Morgan fingerprint density at radius 1 is 0.684 bits per heavy atom. The molecular formula is C13H24O4S2. The molecule has 6 heteroatoms. The van der Waals surface area contributed by atoms with Gasteiger partial charge in [0.2, 0.25) is 0 Å². The van der Waals surface area contributed by atoms with E-state index in [9.17, 15) is 9.59 Å². The molecule has 0 aromatic rings. The monoisotopic (exact) mass is 308 g/mol. The number of hydrogen-bond donors (Lipinski definition) is 2. The zero-order chi connectivity index (χ0) is 14.3. The average molecular weight is 308 g/mol. The van der Waals surface area contributed by atoms with Crippen LogP contribution in [0.3, 0.4) is 0 Å². The minimum Gasteiger partial charge on any atom is -0.466 e. The molecule has 0 unspecified atom stereocenters. The maximum Gasteiger partial charge on any atom is 0.305 e. The standard InChI is InChI=1S/C13H24O4S2/c14-12(6-4-10-18)16-8-2-1-3-9-17-13(15)7-5-11-19/h18-19H,1-11H2. The highest BCUT2D eigenvalue weighted by Gasteiger charge is 2.02. The Morgan fingerprint density at radius 3 is 1.47 bits per heavy atom. The number of thiol groups is 2. The summed E-state index contributed by atoms with van der Waals surface area (Å²) in [5.74, 6) is 1.08. The number of carbonyl (C=O) groups excluding carboxylic acids is 2. The van der Waals surface area contributed by atoms with Gasteiger partial charge in [-0.3, -0.25) is 9.59 Å². The summed E-state index contributed by atoms with van der Waals surface area (Å²) in [5, 5.41) is 0. The molecule has 0 saturated carbocycles. The maximum absolute atomic E-state index is 11.1. The van der Waals surface area contributed by atoms with Crippen molar-refractivity contribution in [3.8, 4) is 0 Å². The normalized spacial score (nSPS) is 10.2. The summed E-state index contributed by atoms with van der Waals surface area (Å²) >= 11 is 8.05. The average Bonchev–Trinajstić information content (AvgIpc) is 2.41. The molecule has 0 amide bonds. The molecule has 0 atom stereocenters. The van der Waals surface area contributed by atoms with Crippen molar-refractivity contribution < 1.29 is 19.1 Å². The van der Waals surface area contributed by atoms with Crippen molar-refractivity contribution >= 4 is 37.2 Å². The predicted molar refractivity (Wildman–Crippen MR) is 81.9 cm³/mol. The van der Waals surface area contributed by atoms with Crippen LogP contribution in [0.15, 0.2) is 0 Å². The summed E-state index contributed by atoms with van der Waals surface area (Å²) in [6.07, 6.45) is 4.88. The van der Waals surface area contributed by atoms with Gasteiger partial charge in [-0.05, 0) is 43.6 Å². The fraction of sp³-hybridized carbons (Fsp3) is 0.846. The van der Waals surface area contributed by atoms with E-state index < -0.39 is 0 Å². The molecule has 0 aromatic carbocycles. The van der Waals surface area contributed by atoms with Crippen LogP contribution in [0.4, 0.5) is 0 Å². The topological polar surface area (TPSA) is 52.6 Å². The van der Waals surface area contributed by atoms with Gasteiger partial charge in [-0.15, -0.1) is 0 Å². The molecule has 0 saturated heterocycles. The highest BCUT2D eigenvalue weighted by molar-refractivity contribution is 7.80. The Kier molecular flexibility index (Phi) is 13.8. The van der Waals surface area contributed by atoms with E-state index in [1.54, 1.807) is 0 Å². The Labute approximate surface area is 126 Å². The first-order chi connectivity index (χ1) is 9.20. The first-order valence-corrected chi connectivity index (χ1v) is 8.00. The van der Waals surface area contributed by atoms with E-state index in [2.05, 4.69) is 25.3 Å². The molecule has 0 spiro atoms. The smallest absolute Gasteiger partial charge is 0.305 e. The van der Waals surface area contributed by atoms with Gasteiger partial charge in [0, 0.05) is 12.8 Å². The Bertz CT molecular complexity index is 223. The predicted octanol–water partition coefficient (Wildman–Crippen LogP) is 2.66. The highest BCUT2D eigenvalue weighted by Crippen LogP contribution is 2.01. The van der Waals surface area contributed by atoms with Crippen molar-refractivity contribution in [3.05, 3.63) is 0 Å². The second kappa shape index (κ2) is 14.1. The van der Waals surface area contributed by atoms with E-state index in [1.807, 2.05) is 0 Å². The number of rotatable bonds is 12. The summed E-state index contributed by atoms with van der Waals surface area (Å²) < 4.78 is 10.1. The summed E-state index contributed by atoms with van der Waals surface area (Å²) in [5.41, 5.74) is 0. The third kappa shape index (κ3) is 13.9. The van der Waals surface area contributed by atoms with Crippen molar-refractivity contribution in [2.24, 2.45) is 0 Å². The second-order valence-electron chi connectivity index (χ2n) is 4.16. The Hall–Kier alpha value is -0.360. The molecule has 0 aliphatic heterocycles. The van der Waals surface area contributed by atoms with Gasteiger partial charge >= 0.3 is 11.9 Å². The van der Waals surface area contributed by atoms with Crippen molar-refractivity contribution in [2.45, 2.75) is 44.9 Å². The number of carbonyl (C=O) groups is 2.